The Hall–Kier alpha value is -2.98. The second-order valence-corrected chi connectivity index (χ2v) is 7.89. The molecule has 1 saturated heterocycles. The maximum absolute atomic E-state index is 13.8. The summed E-state index contributed by atoms with van der Waals surface area (Å²) in [7, 11) is 0. The number of imidazole rings is 1. The number of para-hydroxylation sites is 1. The molecule has 0 amide bonds. The molecule has 0 unspecified atom stereocenters. The molecule has 1 aliphatic rings. The van der Waals surface area contributed by atoms with Crippen molar-refractivity contribution in [2.75, 3.05) is 13.1 Å². The summed E-state index contributed by atoms with van der Waals surface area (Å²) < 4.78 is 47.6. The number of hydrogen-bond donors (Lipinski definition) is 3. The first kappa shape index (κ1) is 24.7. The van der Waals surface area contributed by atoms with Crippen molar-refractivity contribution in [2.45, 2.75) is 38.5 Å². The lowest BCUT2D eigenvalue weighted by Gasteiger charge is -2.29. The average molecular weight is 466 g/mol. The summed E-state index contributed by atoms with van der Waals surface area (Å²) in [4.78, 5) is 13.7. The number of fused-ring (bicyclic) bond motifs is 1. The minimum Gasteiger partial charge on any atom is -0.475 e. The molecule has 2 heterocycles. The lowest BCUT2D eigenvalue weighted by molar-refractivity contribution is -0.192. The van der Waals surface area contributed by atoms with Crippen LogP contribution in [0.15, 0.2) is 48.5 Å². The molecular weight excluding hydrogens is 440 g/mol. The summed E-state index contributed by atoms with van der Waals surface area (Å²) in [6.07, 6.45) is -2.68. The van der Waals surface area contributed by atoms with Crippen LogP contribution in [-0.2, 0) is 11.3 Å². The van der Waals surface area contributed by atoms with Crippen molar-refractivity contribution in [1.29, 1.82) is 0 Å². The third kappa shape index (κ3) is 6.52. The molecule has 10 heteroatoms. The van der Waals surface area contributed by atoms with Crippen LogP contribution in [0.3, 0.4) is 0 Å². The van der Waals surface area contributed by atoms with Crippen molar-refractivity contribution in [1.82, 2.24) is 20.2 Å². The van der Waals surface area contributed by atoms with E-state index >= 15 is 0 Å². The first-order chi connectivity index (χ1) is 15.7. The molecule has 1 aliphatic heterocycles. The average Bonchev–Trinajstić information content (AvgIpc) is 3.16. The van der Waals surface area contributed by atoms with Gasteiger partial charge in [0.05, 0.1) is 17.6 Å². The van der Waals surface area contributed by atoms with Gasteiger partial charge in [-0.3, -0.25) is 4.57 Å². The number of hydrogen-bond acceptors (Lipinski definition) is 4. The summed E-state index contributed by atoms with van der Waals surface area (Å²) in [6, 6.07) is 15.3. The second-order valence-electron chi connectivity index (χ2n) is 7.89. The molecule has 4 rings (SSSR count). The number of carboxylic acid groups (broad SMARTS) is 1. The van der Waals surface area contributed by atoms with E-state index in [4.69, 9.17) is 14.9 Å². The summed E-state index contributed by atoms with van der Waals surface area (Å²) in [5.74, 6) is -1.40. The van der Waals surface area contributed by atoms with E-state index < -0.39 is 12.1 Å². The Labute approximate surface area is 188 Å². The molecule has 0 spiro atoms. The van der Waals surface area contributed by atoms with Crippen LogP contribution in [0.4, 0.5) is 17.6 Å². The van der Waals surface area contributed by atoms with Gasteiger partial charge in [-0.25, -0.2) is 14.2 Å². The topological polar surface area (TPSA) is 79.2 Å². The Balaban J connectivity index is 0.000000383. The van der Waals surface area contributed by atoms with Crippen LogP contribution in [0.2, 0.25) is 0 Å². The fourth-order valence-electron chi connectivity index (χ4n) is 3.85. The number of rotatable bonds is 5. The lowest BCUT2D eigenvalue weighted by atomic mass is 9.91. The second kappa shape index (κ2) is 10.8. The standard InChI is InChI=1S/C21H25FN4.C2HF3O2/c1-15(16-9-11-23-12-10-16)24-14-21-25-19-8-7-17(22)13-20(19)26(21)18-5-3-2-4-6-18;3-2(4,5)1(6)7/h2-8,13,15-16,23-24H,9-12,14H2,1H3;(H,6,7)/t15-;/m1./s1. The largest absolute Gasteiger partial charge is 0.490 e. The molecule has 1 aromatic heterocycles. The zero-order valence-corrected chi connectivity index (χ0v) is 18.1. The van der Waals surface area contributed by atoms with Gasteiger partial charge in [0.15, 0.2) is 0 Å². The van der Waals surface area contributed by atoms with E-state index in [1.807, 2.05) is 30.3 Å². The molecule has 1 fully saturated rings. The summed E-state index contributed by atoms with van der Waals surface area (Å²) in [5.41, 5.74) is 2.64. The van der Waals surface area contributed by atoms with E-state index in [2.05, 4.69) is 22.1 Å². The summed E-state index contributed by atoms with van der Waals surface area (Å²) >= 11 is 0. The van der Waals surface area contributed by atoms with E-state index in [1.165, 1.54) is 18.9 Å². The number of nitrogens with one attached hydrogen (secondary N) is 2. The van der Waals surface area contributed by atoms with Crippen molar-refractivity contribution in [2.24, 2.45) is 5.92 Å². The Bertz CT molecular complexity index is 1060. The highest BCUT2D eigenvalue weighted by Crippen LogP contribution is 2.23. The van der Waals surface area contributed by atoms with Crippen molar-refractivity contribution in [3.05, 3.63) is 60.2 Å². The van der Waals surface area contributed by atoms with Gasteiger partial charge in [-0.05, 0) is 63.0 Å². The monoisotopic (exact) mass is 466 g/mol. The van der Waals surface area contributed by atoms with E-state index in [-0.39, 0.29) is 5.82 Å². The third-order valence-corrected chi connectivity index (χ3v) is 5.62. The van der Waals surface area contributed by atoms with Crippen LogP contribution < -0.4 is 10.6 Å². The minimum atomic E-state index is -5.08. The van der Waals surface area contributed by atoms with Crippen LogP contribution in [0.25, 0.3) is 16.7 Å². The molecule has 178 valence electrons. The fourth-order valence-corrected chi connectivity index (χ4v) is 3.85. The zero-order chi connectivity index (χ0) is 24.0. The molecule has 3 aromatic rings. The van der Waals surface area contributed by atoms with Gasteiger partial charge < -0.3 is 15.7 Å². The highest BCUT2D eigenvalue weighted by molar-refractivity contribution is 5.78. The van der Waals surface area contributed by atoms with E-state index in [0.717, 1.165) is 35.6 Å². The van der Waals surface area contributed by atoms with Gasteiger partial charge in [0.2, 0.25) is 0 Å². The molecular formula is C23H26F4N4O2. The van der Waals surface area contributed by atoms with Gasteiger partial charge in [0, 0.05) is 17.8 Å². The normalized spacial score (nSPS) is 15.7. The fraction of sp³-hybridized carbons (Fsp3) is 0.391. The maximum Gasteiger partial charge on any atom is 0.490 e. The van der Waals surface area contributed by atoms with Gasteiger partial charge in [-0.2, -0.15) is 13.2 Å². The molecule has 2 aromatic carbocycles. The summed E-state index contributed by atoms with van der Waals surface area (Å²) in [5, 5.41) is 14.2. The number of carboxylic acids is 1. The number of halogens is 4. The molecule has 0 saturated carbocycles. The molecule has 6 nitrogen and oxygen atoms in total. The van der Waals surface area contributed by atoms with Gasteiger partial charge in [0.25, 0.3) is 0 Å². The first-order valence-corrected chi connectivity index (χ1v) is 10.6. The lowest BCUT2D eigenvalue weighted by Crippen LogP contribution is -2.40. The van der Waals surface area contributed by atoms with Gasteiger partial charge >= 0.3 is 12.1 Å². The van der Waals surface area contributed by atoms with Gasteiger partial charge in [-0.1, -0.05) is 18.2 Å². The van der Waals surface area contributed by atoms with Gasteiger partial charge in [-0.15, -0.1) is 0 Å². The number of benzene rings is 2. The quantitative estimate of drug-likeness (QED) is 0.490. The van der Waals surface area contributed by atoms with Crippen LogP contribution in [0, 0.1) is 11.7 Å². The van der Waals surface area contributed by atoms with Crippen molar-refractivity contribution >= 4 is 17.0 Å². The number of alkyl halides is 3. The molecule has 0 aliphatic carbocycles. The van der Waals surface area contributed by atoms with Crippen molar-refractivity contribution in [3.8, 4) is 5.69 Å². The van der Waals surface area contributed by atoms with E-state index in [0.29, 0.717) is 18.5 Å². The van der Waals surface area contributed by atoms with Crippen molar-refractivity contribution in [3.63, 3.8) is 0 Å². The number of nitrogens with zero attached hydrogens (tertiary/aromatic N) is 2. The van der Waals surface area contributed by atoms with E-state index in [1.54, 1.807) is 12.1 Å². The van der Waals surface area contributed by atoms with E-state index in [9.17, 15) is 17.6 Å². The zero-order valence-electron chi connectivity index (χ0n) is 18.1. The Morgan fingerprint density at radius 1 is 1.21 bits per heavy atom. The molecule has 0 radical (unpaired) electrons. The number of aromatic nitrogens is 2. The molecule has 1 atom stereocenters. The predicted molar refractivity (Wildman–Crippen MR) is 117 cm³/mol. The molecule has 0 bridgehead atoms. The maximum atomic E-state index is 13.8. The highest BCUT2D eigenvalue weighted by Gasteiger charge is 2.38. The Morgan fingerprint density at radius 3 is 2.45 bits per heavy atom. The smallest absolute Gasteiger partial charge is 0.475 e. The first-order valence-electron chi connectivity index (χ1n) is 10.6. The Kier molecular flexibility index (Phi) is 8.04. The van der Waals surface area contributed by atoms with Crippen LogP contribution >= 0.6 is 0 Å². The van der Waals surface area contributed by atoms with Gasteiger partial charge in [0.1, 0.15) is 11.6 Å². The summed E-state index contributed by atoms with van der Waals surface area (Å²) in [6.45, 7) is 5.11. The predicted octanol–water partition coefficient (Wildman–Crippen LogP) is 4.28. The Morgan fingerprint density at radius 2 is 1.85 bits per heavy atom. The van der Waals surface area contributed by atoms with Crippen molar-refractivity contribution < 1.29 is 27.5 Å². The third-order valence-electron chi connectivity index (χ3n) is 5.62. The number of piperidine rings is 1. The van der Waals surface area contributed by atoms with Crippen LogP contribution in [0.5, 0.6) is 0 Å². The molecule has 33 heavy (non-hydrogen) atoms. The minimum absolute atomic E-state index is 0.239. The van der Waals surface area contributed by atoms with Crippen LogP contribution in [-0.4, -0.2) is 45.9 Å². The van der Waals surface area contributed by atoms with Crippen LogP contribution in [0.1, 0.15) is 25.6 Å². The number of aliphatic carboxylic acids is 1. The molecule has 3 N–H and O–H groups in total. The highest BCUT2D eigenvalue weighted by atomic mass is 19.4. The SMILES string of the molecule is C[C@@H](NCc1nc2ccc(F)cc2n1-c1ccccc1)C1CCNCC1.O=C(O)C(F)(F)F. The number of carbonyl (C=O) groups is 1.